The van der Waals surface area contributed by atoms with Gasteiger partial charge in [0.05, 0.1) is 0 Å². The molecule has 0 saturated heterocycles. The van der Waals surface area contributed by atoms with Crippen LogP contribution >= 0.6 is 0 Å². The van der Waals surface area contributed by atoms with E-state index in [0.29, 0.717) is 24.0 Å². The molecule has 0 aromatic heterocycles. The van der Waals surface area contributed by atoms with Gasteiger partial charge < -0.3 is 15.3 Å². The van der Waals surface area contributed by atoms with E-state index in [0.717, 1.165) is 11.3 Å². The zero-order valence-corrected chi connectivity index (χ0v) is 15.0. The zero-order chi connectivity index (χ0) is 19.7. The number of nitrogens with zero attached hydrogens (tertiary/aromatic N) is 1. The normalized spacial score (nSPS) is 14.5. The fourth-order valence-electron chi connectivity index (χ4n) is 3.15. The minimum absolute atomic E-state index is 0.0114. The van der Waals surface area contributed by atoms with E-state index in [1.807, 2.05) is 0 Å². The summed E-state index contributed by atoms with van der Waals surface area (Å²) in [6.07, 6.45) is 0.889. The van der Waals surface area contributed by atoms with Gasteiger partial charge >= 0.3 is 5.97 Å². The predicted octanol–water partition coefficient (Wildman–Crippen LogP) is 2.60. The highest BCUT2D eigenvalue weighted by molar-refractivity contribution is 6.00. The number of rotatable bonds is 4. The molecule has 2 amide bonds. The van der Waals surface area contributed by atoms with Crippen molar-refractivity contribution >= 4 is 23.5 Å². The van der Waals surface area contributed by atoms with Crippen molar-refractivity contribution in [3.05, 3.63) is 64.5 Å². The first-order valence-corrected chi connectivity index (χ1v) is 8.47. The maximum atomic E-state index is 13.4. The van der Waals surface area contributed by atoms with Gasteiger partial charge in [0.2, 0.25) is 5.91 Å². The molecule has 27 heavy (non-hydrogen) atoms. The van der Waals surface area contributed by atoms with Crippen molar-refractivity contribution in [2.75, 3.05) is 11.9 Å². The molecule has 2 N–H and O–H groups in total. The monoisotopic (exact) mass is 370 g/mol. The summed E-state index contributed by atoms with van der Waals surface area (Å²) in [5.74, 6) is -2.22. The summed E-state index contributed by atoms with van der Waals surface area (Å²) < 4.78 is 13.4. The minimum atomic E-state index is -1.29. The average molecular weight is 370 g/mol. The third-order valence-corrected chi connectivity index (χ3v) is 4.72. The van der Waals surface area contributed by atoms with Crippen LogP contribution in [0.5, 0.6) is 0 Å². The summed E-state index contributed by atoms with van der Waals surface area (Å²) in [5.41, 5.74) is 2.50. The Kier molecular flexibility index (Phi) is 4.94. The van der Waals surface area contributed by atoms with Crippen LogP contribution in [-0.2, 0) is 16.0 Å². The van der Waals surface area contributed by atoms with Crippen LogP contribution in [-0.4, -0.2) is 29.9 Å². The second-order valence-electron chi connectivity index (χ2n) is 6.55. The van der Waals surface area contributed by atoms with Crippen LogP contribution in [0.1, 0.15) is 39.5 Å². The fraction of sp³-hybridized carbons (Fsp3) is 0.250. The maximum absolute atomic E-state index is 13.4. The van der Waals surface area contributed by atoms with E-state index in [2.05, 4.69) is 5.32 Å². The second kappa shape index (κ2) is 7.19. The van der Waals surface area contributed by atoms with Gasteiger partial charge in [-0.25, -0.2) is 9.18 Å². The van der Waals surface area contributed by atoms with Crippen molar-refractivity contribution in [2.45, 2.75) is 25.8 Å². The molecule has 1 aliphatic rings. The lowest BCUT2D eigenvalue weighted by molar-refractivity contribution is -0.139. The number of anilines is 1. The van der Waals surface area contributed by atoms with Crippen LogP contribution < -0.4 is 10.2 Å². The number of nitrogens with one attached hydrogen (secondary N) is 1. The molecule has 140 valence electrons. The Morgan fingerprint density at radius 3 is 2.59 bits per heavy atom. The Bertz CT molecular complexity index is 942. The Hall–Kier alpha value is -3.22. The SMILES string of the molecule is Cc1cc(C(NC(=O)c2ccc3c(c2)CCC(=O)N3C)C(=O)O)ccc1F. The Balaban J connectivity index is 1.85. The number of hydrogen-bond acceptors (Lipinski definition) is 3. The van der Waals surface area contributed by atoms with Crippen molar-refractivity contribution < 1.29 is 23.9 Å². The van der Waals surface area contributed by atoms with Gasteiger partial charge in [0.25, 0.3) is 5.91 Å². The first-order chi connectivity index (χ1) is 12.8. The Labute approximate surface area is 155 Å². The number of carboxylic acids is 1. The van der Waals surface area contributed by atoms with E-state index >= 15 is 0 Å². The molecule has 0 radical (unpaired) electrons. The van der Waals surface area contributed by atoms with E-state index in [-0.39, 0.29) is 11.5 Å². The number of benzene rings is 2. The number of carbonyl (C=O) groups excluding carboxylic acids is 2. The van der Waals surface area contributed by atoms with Gasteiger partial charge in [0.1, 0.15) is 5.82 Å². The number of aryl methyl sites for hydroxylation is 2. The summed E-state index contributed by atoms with van der Waals surface area (Å²) in [7, 11) is 1.68. The molecule has 0 fully saturated rings. The molecular formula is C20H19FN2O4. The summed E-state index contributed by atoms with van der Waals surface area (Å²) in [6, 6.07) is 7.53. The molecule has 0 saturated carbocycles. The lowest BCUT2D eigenvalue weighted by Gasteiger charge is -2.26. The molecule has 1 heterocycles. The standard InChI is InChI=1S/C20H19FN2O4/c1-11-9-13(3-6-15(11)21)18(20(26)27)22-19(25)14-4-7-16-12(10-14)5-8-17(24)23(16)2/h3-4,6-7,9-10,18H,5,8H2,1-2H3,(H,22,25)(H,26,27). The number of amides is 2. The van der Waals surface area contributed by atoms with Gasteiger partial charge in [-0.2, -0.15) is 0 Å². The molecule has 7 heteroatoms. The van der Waals surface area contributed by atoms with E-state index in [1.165, 1.54) is 25.1 Å². The molecule has 2 aromatic carbocycles. The number of carboxylic acid groups (broad SMARTS) is 1. The van der Waals surface area contributed by atoms with Crippen LogP contribution in [0.3, 0.4) is 0 Å². The highest BCUT2D eigenvalue weighted by atomic mass is 19.1. The third kappa shape index (κ3) is 3.67. The molecule has 2 aromatic rings. The predicted molar refractivity (Wildman–Crippen MR) is 97.2 cm³/mol. The van der Waals surface area contributed by atoms with Crippen LogP contribution in [0.2, 0.25) is 0 Å². The molecular weight excluding hydrogens is 351 g/mol. The van der Waals surface area contributed by atoms with Gasteiger partial charge in [-0.05, 0) is 54.3 Å². The Morgan fingerprint density at radius 1 is 1.19 bits per heavy atom. The molecule has 1 unspecified atom stereocenters. The van der Waals surface area contributed by atoms with E-state index in [4.69, 9.17) is 0 Å². The highest BCUT2D eigenvalue weighted by Gasteiger charge is 2.25. The summed E-state index contributed by atoms with van der Waals surface area (Å²) in [4.78, 5) is 37.5. The smallest absolute Gasteiger partial charge is 0.330 e. The van der Waals surface area contributed by atoms with Crippen molar-refractivity contribution in [3.63, 3.8) is 0 Å². The maximum Gasteiger partial charge on any atom is 0.330 e. The van der Waals surface area contributed by atoms with Gasteiger partial charge in [0, 0.05) is 24.7 Å². The van der Waals surface area contributed by atoms with Crippen molar-refractivity contribution in [1.82, 2.24) is 5.32 Å². The Morgan fingerprint density at radius 2 is 1.93 bits per heavy atom. The van der Waals surface area contributed by atoms with Gasteiger partial charge in [-0.3, -0.25) is 9.59 Å². The van der Waals surface area contributed by atoms with E-state index in [9.17, 15) is 23.9 Å². The highest BCUT2D eigenvalue weighted by Crippen LogP contribution is 2.28. The number of carbonyl (C=O) groups is 3. The molecule has 1 aliphatic heterocycles. The number of aliphatic carboxylic acids is 1. The summed E-state index contributed by atoms with van der Waals surface area (Å²) in [6.45, 7) is 1.53. The topological polar surface area (TPSA) is 86.7 Å². The summed E-state index contributed by atoms with van der Waals surface area (Å²) >= 11 is 0. The fourth-order valence-corrected chi connectivity index (χ4v) is 3.15. The average Bonchev–Trinajstić information content (AvgIpc) is 2.64. The lowest BCUT2D eigenvalue weighted by Crippen LogP contribution is -2.34. The van der Waals surface area contributed by atoms with Crippen LogP contribution in [0.4, 0.5) is 10.1 Å². The number of halogens is 1. The molecule has 0 bridgehead atoms. The van der Waals surface area contributed by atoms with E-state index < -0.39 is 23.7 Å². The quantitative estimate of drug-likeness (QED) is 0.866. The second-order valence-corrected chi connectivity index (χ2v) is 6.55. The molecule has 0 aliphatic carbocycles. The third-order valence-electron chi connectivity index (χ3n) is 4.72. The molecule has 1 atom stereocenters. The minimum Gasteiger partial charge on any atom is -0.479 e. The van der Waals surface area contributed by atoms with Crippen molar-refractivity contribution in [3.8, 4) is 0 Å². The van der Waals surface area contributed by atoms with Crippen LogP contribution in [0, 0.1) is 12.7 Å². The summed E-state index contributed by atoms with van der Waals surface area (Å²) in [5, 5.41) is 12.0. The van der Waals surface area contributed by atoms with Gasteiger partial charge in [-0.15, -0.1) is 0 Å². The van der Waals surface area contributed by atoms with Gasteiger partial charge in [-0.1, -0.05) is 12.1 Å². The van der Waals surface area contributed by atoms with Gasteiger partial charge in [0.15, 0.2) is 6.04 Å². The largest absolute Gasteiger partial charge is 0.479 e. The first kappa shape index (κ1) is 18.6. The van der Waals surface area contributed by atoms with Crippen molar-refractivity contribution in [2.24, 2.45) is 0 Å². The zero-order valence-electron chi connectivity index (χ0n) is 15.0. The van der Waals surface area contributed by atoms with E-state index in [1.54, 1.807) is 30.1 Å². The molecule has 3 rings (SSSR count). The van der Waals surface area contributed by atoms with Crippen LogP contribution in [0.15, 0.2) is 36.4 Å². The van der Waals surface area contributed by atoms with Crippen LogP contribution in [0.25, 0.3) is 0 Å². The van der Waals surface area contributed by atoms with Crippen molar-refractivity contribution in [1.29, 1.82) is 0 Å². The number of fused-ring (bicyclic) bond motifs is 1. The first-order valence-electron chi connectivity index (χ1n) is 8.47. The number of hydrogen-bond donors (Lipinski definition) is 2. The lowest BCUT2D eigenvalue weighted by atomic mass is 9.98. The molecule has 0 spiro atoms. The molecule has 6 nitrogen and oxygen atoms in total.